The Morgan fingerprint density at radius 2 is 1.72 bits per heavy atom. The SMILES string of the molecule is O=C(C1CCCO1)N1CC2CC3CC(C2)CC1C3. The first-order valence-corrected chi connectivity index (χ1v) is 7.71. The highest BCUT2D eigenvalue weighted by Gasteiger charge is 2.45. The number of rotatable bonds is 1. The van der Waals surface area contributed by atoms with Crippen molar-refractivity contribution in [3.63, 3.8) is 0 Å². The molecule has 3 saturated heterocycles. The van der Waals surface area contributed by atoms with Crippen molar-refractivity contribution in [1.29, 1.82) is 0 Å². The van der Waals surface area contributed by atoms with Crippen molar-refractivity contribution in [2.24, 2.45) is 17.8 Å². The third kappa shape index (κ3) is 1.78. The summed E-state index contributed by atoms with van der Waals surface area (Å²) < 4.78 is 5.60. The van der Waals surface area contributed by atoms with Crippen molar-refractivity contribution in [2.75, 3.05) is 13.2 Å². The van der Waals surface area contributed by atoms with Gasteiger partial charge in [0.15, 0.2) is 0 Å². The van der Waals surface area contributed by atoms with E-state index in [0.717, 1.165) is 43.7 Å². The molecule has 100 valence electrons. The molecule has 3 heteroatoms. The maximum absolute atomic E-state index is 12.6. The predicted octanol–water partition coefficient (Wildman–Crippen LogP) is 2.20. The van der Waals surface area contributed by atoms with E-state index in [1.165, 1.54) is 32.1 Å². The smallest absolute Gasteiger partial charge is 0.251 e. The number of fused-ring (bicyclic) bond motifs is 1. The highest BCUT2D eigenvalue weighted by Crippen LogP contribution is 2.47. The molecule has 2 saturated carbocycles. The van der Waals surface area contributed by atoms with E-state index in [4.69, 9.17) is 4.74 Å². The minimum Gasteiger partial charge on any atom is -0.368 e. The van der Waals surface area contributed by atoms with Gasteiger partial charge in [0.2, 0.25) is 0 Å². The van der Waals surface area contributed by atoms with Gasteiger partial charge in [0.25, 0.3) is 5.91 Å². The van der Waals surface area contributed by atoms with Crippen LogP contribution in [-0.2, 0) is 9.53 Å². The first kappa shape index (κ1) is 11.3. The van der Waals surface area contributed by atoms with Gasteiger partial charge in [-0.2, -0.15) is 0 Å². The van der Waals surface area contributed by atoms with Gasteiger partial charge in [-0.1, -0.05) is 0 Å². The van der Waals surface area contributed by atoms with E-state index >= 15 is 0 Å². The second-order valence-electron chi connectivity index (χ2n) is 6.92. The summed E-state index contributed by atoms with van der Waals surface area (Å²) in [7, 11) is 0. The Labute approximate surface area is 109 Å². The van der Waals surface area contributed by atoms with E-state index in [2.05, 4.69) is 4.90 Å². The minimum atomic E-state index is -0.110. The average molecular weight is 249 g/mol. The molecule has 3 nitrogen and oxygen atoms in total. The van der Waals surface area contributed by atoms with Gasteiger partial charge >= 0.3 is 0 Å². The quantitative estimate of drug-likeness (QED) is 0.713. The minimum absolute atomic E-state index is 0.110. The molecule has 18 heavy (non-hydrogen) atoms. The third-order valence-corrected chi connectivity index (χ3v) is 5.59. The van der Waals surface area contributed by atoms with Crippen LogP contribution in [0.2, 0.25) is 0 Å². The summed E-state index contributed by atoms with van der Waals surface area (Å²) in [6.45, 7) is 1.81. The normalized spacial score (nSPS) is 46.4. The number of hydrogen-bond donors (Lipinski definition) is 0. The van der Waals surface area contributed by atoms with Crippen molar-refractivity contribution in [1.82, 2.24) is 4.90 Å². The Morgan fingerprint density at radius 1 is 1.00 bits per heavy atom. The predicted molar refractivity (Wildman–Crippen MR) is 68.0 cm³/mol. The van der Waals surface area contributed by atoms with Crippen LogP contribution >= 0.6 is 0 Å². The molecule has 4 bridgehead atoms. The van der Waals surface area contributed by atoms with Crippen LogP contribution in [0.5, 0.6) is 0 Å². The van der Waals surface area contributed by atoms with Gasteiger partial charge in [0.05, 0.1) is 0 Å². The number of carbonyl (C=O) groups is 1. The summed E-state index contributed by atoms with van der Waals surface area (Å²) in [5, 5.41) is 0. The Morgan fingerprint density at radius 3 is 2.39 bits per heavy atom. The third-order valence-electron chi connectivity index (χ3n) is 5.59. The van der Waals surface area contributed by atoms with Crippen molar-refractivity contribution < 1.29 is 9.53 Å². The molecule has 0 radical (unpaired) electrons. The van der Waals surface area contributed by atoms with E-state index in [-0.39, 0.29) is 6.10 Å². The van der Waals surface area contributed by atoms with Crippen LogP contribution < -0.4 is 0 Å². The molecule has 5 aliphatic rings. The Hall–Kier alpha value is -0.570. The molecule has 3 unspecified atom stereocenters. The van der Waals surface area contributed by atoms with E-state index in [9.17, 15) is 4.79 Å². The summed E-state index contributed by atoms with van der Waals surface area (Å²) in [6, 6.07) is 0.540. The summed E-state index contributed by atoms with van der Waals surface area (Å²) in [4.78, 5) is 14.8. The first-order chi connectivity index (χ1) is 8.79. The number of carbonyl (C=O) groups excluding carboxylic acids is 1. The molecule has 3 aliphatic heterocycles. The standard InChI is InChI=1S/C15H23NO2/c17-15(14-2-1-3-18-14)16-9-12-5-10-4-11(6-12)8-13(16)7-10/h10-14H,1-9H2. The highest BCUT2D eigenvalue weighted by molar-refractivity contribution is 5.81. The molecule has 5 fully saturated rings. The van der Waals surface area contributed by atoms with Crippen LogP contribution in [0.3, 0.4) is 0 Å². The second-order valence-corrected chi connectivity index (χ2v) is 6.92. The van der Waals surface area contributed by atoms with Crippen molar-refractivity contribution in [3.05, 3.63) is 0 Å². The van der Waals surface area contributed by atoms with Gasteiger partial charge in [-0.15, -0.1) is 0 Å². The van der Waals surface area contributed by atoms with E-state index < -0.39 is 0 Å². The van der Waals surface area contributed by atoms with Crippen molar-refractivity contribution in [3.8, 4) is 0 Å². The van der Waals surface area contributed by atoms with E-state index in [1.807, 2.05) is 0 Å². The summed E-state index contributed by atoms with van der Waals surface area (Å²) >= 11 is 0. The maximum atomic E-state index is 12.6. The van der Waals surface area contributed by atoms with Gasteiger partial charge in [0.1, 0.15) is 6.10 Å². The molecule has 0 aromatic carbocycles. The Kier molecular flexibility index (Phi) is 2.65. The average Bonchev–Trinajstić information content (AvgIpc) is 2.80. The fraction of sp³-hybridized carbons (Fsp3) is 0.933. The Balaban J connectivity index is 1.55. The maximum Gasteiger partial charge on any atom is 0.251 e. The number of nitrogens with zero attached hydrogens (tertiary/aromatic N) is 1. The zero-order valence-corrected chi connectivity index (χ0v) is 11.0. The molecule has 0 N–H and O–H groups in total. The molecule has 0 aromatic rings. The van der Waals surface area contributed by atoms with Gasteiger partial charge < -0.3 is 9.64 Å². The van der Waals surface area contributed by atoms with Crippen LogP contribution in [-0.4, -0.2) is 36.1 Å². The van der Waals surface area contributed by atoms with Gasteiger partial charge in [-0.05, 0) is 62.7 Å². The zero-order valence-electron chi connectivity index (χ0n) is 11.0. The fourth-order valence-electron chi connectivity index (χ4n) is 5.01. The lowest BCUT2D eigenvalue weighted by molar-refractivity contribution is -0.143. The second kappa shape index (κ2) is 4.22. The molecule has 1 amide bonds. The molecule has 2 aliphatic carbocycles. The first-order valence-electron chi connectivity index (χ1n) is 7.71. The Bertz CT molecular complexity index is 336. The molecule has 0 aromatic heterocycles. The molecule has 5 rings (SSSR count). The van der Waals surface area contributed by atoms with Crippen molar-refractivity contribution in [2.45, 2.75) is 57.1 Å². The highest BCUT2D eigenvalue weighted by atomic mass is 16.5. The molecule has 3 heterocycles. The van der Waals surface area contributed by atoms with Crippen LogP contribution in [0, 0.1) is 17.8 Å². The van der Waals surface area contributed by atoms with Gasteiger partial charge in [-0.3, -0.25) is 4.79 Å². The molecular weight excluding hydrogens is 226 g/mol. The fourth-order valence-corrected chi connectivity index (χ4v) is 5.01. The lowest BCUT2D eigenvalue weighted by Crippen LogP contribution is -2.46. The van der Waals surface area contributed by atoms with Crippen LogP contribution in [0.25, 0.3) is 0 Å². The van der Waals surface area contributed by atoms with E-state index in [0.29, 0.717) is 11.9 Å². The van der Waals surface area contributed by atoms with Gasteiger partial charge in [-0.25, -0.2) is 0 Å². The van der Waals surface area contributed by atoms with Crippen LogP contribution in [0.1, 0.15) is 44.9 Å². The molecule has 3 atom stereocenters. The van der Waals surface area contributed by atoms with Gasteiger partial charge in [0, 0.05) is 19.2 Å². The van der Waals surface area contributed by atoms with Crippen LogP contribution in [0.15, 0.2) is 0 Å². The monoisotopic (exact) mass is 249 g/mol. The lowest BCUT2D eigenvalue weighted by Gasteiger charge is -2.39. The molecule has 0 spiro atoms. The lowest BCUT2D eigenvalue weighted by atomic mass is 9.68. The zero-order chi connectivity index (χ0) is 12.1. The summed E-state index contributed by atoms with van der Waals surface area (Å²) in [6.07, 6.45) is 8.63. The topological polar surface area (TPSA) is 29.5 Å². The number of amides is 1. The largest absolute Gasteiger partial charge is 0.368 e. The summed E-state index contributed by atoms with van der Waals surface area (Å²) in [5.41, 5.74) is 0. The molecular formula is C15H23NO2. The van der Waals surface area contributed by atoms with E-state index in [1.54, 1.807) is 0 Å². The number of ether oxygens (including phenoxy) is 1. The van der Waals surface area contributed by atoms with Crippen molar-refractivity contribution >= 4 is 5.91 Å². The van der Waals surface area contributed by atoms with Crippen LogP contribution in [0.4, 0.5) is 0 Å². The summed E-state index contributed by atoms with van der Waals surface area (Å²) in [5.74, 6) is 2.92. The number of hydrogen-bond acceptors (Lipinski definition) is 2.